The number of nitrogens with one attached hydrogen (secondary N) is 2. The molecule has 0 aromatic carbocycles. The fourth-order valence-electron chi connectivity index (χ4n) is 1.09. The van der Waals surface area contributed by atoms with Crippen molar-refractivity contribution in [3.05, 3.63) is 36.4 Å². The van der Waals surface area contributed by atoms with Gasteiger partial charge >= 0.3 is 11.9 Å². The highest BCUT2D eigenvalue weighted by Gasteiger charge is 1.99. The fourth-order valence-corrected chi connectivity index (χ4v) is 1.09. The summed E-state index contributed by atoms with van der Waals surface area (Å²) in [6.07, 6.45) is 5.93. The summed E-state index contributed by atoms with van der Waals surface area (Å²) in [6, 6.07) is 0. The second-order valence-electron chi connectivity index (χ2n) is 3.29. The third-order valence-corrected chi connectivity index (χ3v) is 1.79. The molecule has 0 unspecified atom stereocenters. The van der Waals surface area contributed by atoms with Crippen LogP contribution in [0.2, 0.25) is 0 Å². The van der Waals surface area contributed by atoms with Crippen molar-refractivity contribution >= 4 is 11.9 Å². The molecule has 4 N–H and O–H groups in total. The average molecular weight is 252 g/mol. The molecule has 0 saturated carbocycles. The van der Waals surface area contributed by atoms with E-state index in [0.29, 0.717) is 11.4 Å². The van der Waals surface area contributed by atoms with E-state index in [2.05, 4.69) is 19.9 Å². The first-order valence-electron chi connectivity index (χ1n) is 4.96. The van der Waals surface area contributed by atoms with Crippen LogP contribution in [0.5, 0.6) is 0 Å². The molecular formula is C10H12N4O4. The number of nitrogens with zero attached hydrogens (tertiary/aromatic N) is 2. The summed E-state index contributed by atoms with van der Waals surface area (Å²) in [6.45, 7) is 0. The number of aromatic nitrogens is 4. The maximum Gasteiger partial charge on any atom is 0.309 e. The fraction of sp³-hybridized carbons (Fsp3) is 0.200. The lowest BCUT2D eigenvalue weighted by molar-refractivity contribution is -0.137. The van der Waals surface area contributed by atoms with E-state index in [1.165, 1.54) is 25.0 Å². The predicted molar refractivity (Wildman–Crippen MR) is 59.9 cm³/mol. The quantitative estimate of drug-likeness (QED) is 0.609. The summed E-state index contributed by atoms with van der Waals surface area (Å²) < 4.78 is 0. The number of hydrogen-bond acceptors (Lipinski definition) is 4. The standard InChI is InChI=1S/2C5H6N2O2/c2*8-5(9)1-4-2-6-3-7-4/h2*2-3H,1H2,(H,6,7)(H,8,9). The van der Waals surface area contributed by atoms with E-state index < -0.39 is 11.9 Å². The molecule has 0 aliphatic carbocycles. The van der Waals surface area contributed by atoms with Gasteiger partial charge < -0.3 is 20.2 Å². The Balaban J connectivity index is 0.000000180. The van der Waals surface area contributed by atoms with Gasteiger partial charge in [-0.05, 0) is 0 Å². The number of hydrogen-bond donors (Lipinski definition) is 4. The summed E-state index contributed by atoms with van der Waals surface area (Å²) in [4.78, 5) is 32.7. The summed E-state index contributed by atoms with van der Waals surface area (Å²) in [5.74, 6) is -1.70. The molecule has 0 radical (unpaired) electrons. The molecule has 0 bridgehead atoms. The molecule has 0 aliphatic heterocycles. The lowest BCUT2D eigenvalue weighted by atomic mass is 10.3. The molecule has 18 heavy (non-hydrogen) atoms. The molecule has 0 aliphatic rings. The number of carbonyl (C=O) groups is 2. The summed E-state index contributed by atoms with van der Waals surface area (Å²) in [5.41, 5.74) is 1.25. The molecule has 2 aromatic heterocycles. The smallest absolute Gasteiger partial charge is 0.309 e. The molecule has 2 heterocycles. The van der Waals surface area contributed by atoms with E-state index in [1.54, 1.807) is 0 Å². The number of rotatable bonds is 4. The van der Waals surface area contributed by atoms with Crippen LogP contribution >= 0.6 is 0 Å². The third-order valence-electron chi connectivity index (χ3n) is 1.79. The molecule has 0 atom stereocenters. The Bertz CT molecular complexity index is 432. The van der Waals surface area contributed by atoms with E-state index >= 15 is 0 Å². The first-order chi connectivity index (χ1) is 8.58. The number of aliphatic carboxylic acids is 2. The minimum atomic E-state index is -0.848. The molecule has 2 rings (SSSR count). The maximum atomic E-state index is 10.0. The van der Waals surface area contributed by atoms with Gasteiger partial charge in [-0.1, -0.05) is 0 Å². The average Bonchev–Trinajstić information content (AvgIpc) is 2.90. The van der Waals surface area contributed by atoms with E-state index in [0.717, 1.165) is 0 Å². The van der Waals surface area contributed by atoms with Crippen LogP contribution in [0.3, 0.4) is 0 Å². The summed E-state index contributed by atoms with van der Waals surface area (Å²) in [5, 5.41) is 16.5. The second-order valence-corrected chi connectivity index (χ2v) is 3.29. The highest BCUT2D eigenvalue weighted by Crippen LogP contribution is 1.91. The Labute approximate surface area is 102 Å². The molecule has 2 aromatic rings. The first kappa shape index (κ1) is 13.4. The van der Waals surface area contributed by atoms with Gasteiger partial charge in [0.25, 0.3) is 0 Å². The number of imidazole rings is 2. The topological polar surface area (TPSA) is 132 Å². The molecule has 0 fully saturated rings. The molecule has 8 heteroatoms. The van der Waals surface area contributed by atoms with Gasteiger partial charge in [-0.25, -0.2) is 9.97 Å². The van der Waals surface area contributed by atoms with Crippen LogP contribution in [0.25, 0.3) is 0 Å². The van der Waals surface area contributed by atoms with Crippen molar-refractivity contribution < 1.29 is 19.8 Å². The Kier molecular flexibility index (Phi) is 5.10. The largest absolute Gasteiger partial charge is 0.481 e. The van der Waals surface area contributed by atoms with Gasteiger partial charge in [0.15, 0.2) is 0 Å². The Morgan fingerprint density at radius 3 is 1.56 bits per heavy atom. The van der Waals surface area contributed by atoms with Crippen molar-refractivity contribution in [1.82, 2.24) is 19.9 Å². The normalized spacial score (nSPS) is 9.33. The SMILES string of the molecule is O=C(O)Cc1cnc[nH]1.O=C(O)Cc1cnc[nH]1. The van der Waals surface area contributed by atoms with Crippen LogP contribution in [-0.4, -0.2) is 42.1 Å². The Morgan fingerprint density at radius 1 is 0.944 bits per heavy atom. The second kappa shape index (κ2) is 6.84. The number of carboxylic acid groups (broad SMARTS) is 2. The lowest BCUT2D eigenvalue weighted by Crippen LogP contribution is -1.99. The van der Waals surface area contributed by atoms with Crippen molar-refractivity contribution in [2.24, 2.45) is 0 Å². The van der Waals surface area contributed by atoms with Crippen LogP contribution in [0.15, 0.2) is 25.0 Å². The zero-order valence-electron chi connectivity index (χ0n) is 9.33. The van der Waals surface area contributed by atoms with Crippen molar-refractivity contribution in [3.63, 3.8) is 0 Å². The molecule has 96 valence electrons. The van der Waals surface area contributed by atoms with Crippen molar-refractivity contribution in [2.45, 2.75) is 12.8 Å². The van der Waals surface area contributed by atoms with Crippen LogP contribution < -0.4 is 0 Å². The van der Waals surface area contributed by atoms with E-state index in [1.807, 2.05) is 0 Å². The van der Waals surface area contributed by atoms with Crippen molar-refractivity contribution in [1.29, 1.82) is 0 Å². The van der Waals surface area contributed by atoms with Gasteiger partial charge in [-0.2, -0.15) is 0 Å². The summed E-state index contributed by atoms with van der Waals surface area (Å²) >= 11 is 0. The number of H-pyrrole nitrogens is 2. The Hall–Kier alpha value is -2.64. The monoisotopic (exact) mass is 252 g/mol. The molecule has 0 spiro atoms. The van der Waals surface area contributed by atoms with Gasteiger partial charge in [0, 0.05) is 23.8 Å². The minimum absolute atomic E-state index is 0.0139. The van der Waals surface area contributed by atoms with Crippen LogP contribution in [0.4, 0.5) is 0 Å². The zero-order chi connectivity index (χ0) is 13.4. The molecule has 0 saturated heterocycles. The van der Waals surface area contributed by atoms with Crippen LogP contribution in [-0.2, 0) is 22.4 Å². The minimum Gasteiger partial charge on any atom is -0.481 e. The van der Waals surface area contributed by atoms with Crippen molar-refractivity contribution in [3.8, 4) is 0 Å². The van der Waals surface area contributed by atoms with Crippen molar-refractivity contribution in [2.75, 3.05) is 0 Å². The van der Waals surface area contributed by atoms with E-state index in [-0.39, 0.29) is 12.8 Å². The number of carboxylic acids is 2. The molecule has 0 amide bonds. The summed E-state index contributed by atoms with van der Waals surface area (Å²) in [7, 11) is 0. The lowest BCUT2D eigenvalue weighted by Gasteiger charge is -1.85. The zero-order valence-corrected chi connectivity index (χ0v) is 9.33. The predicted octanol–water partition coefficient (Wildman–Crippen LogP) is 0.0736. The highest BCUT2D eigenvalue weighted by atomic mass is 16.4. The van der Waals surface area contributed by atoms with E-state index in [4.69, 9.17) is 10.2 Å². The van der Waals surface area contributed by atoms with Gasteiger partial charge in [0.1, 0.15) is 0 Å². The Morgan fingerprint density at radius 2 is 1.33 bits per heavy atom. The highest BCUT2D eigenvalue weighted by molar-refractivity contribution is 5.69. The first-order valence-corrected chi connectivity index (χ1v) is 4.96. The third kappa shape index (κ3) is 5.45. The van der Waals surface area contributed by atoms with Gasteiger partial charge in [-0.15, -0.1) is 0 Å². The molecule has 8 nitrogen and oxygen atoms in total. The van der Waals surface area contributed by atoms with Gasteiger partial charge in [-0.3, -0.25) is 9.59 Å². The maximum absolute atomic E-state index is 10.0. The van der Waals surface area contributed by atoms with Gasteiger partial charge in [0.2, 0.25) is 0 Å². The van der Waals surface area contributed by atoms with Crippen LogP contribution in [0, 0.1) is 0 Å². The van der Waals surface area contributed by atoms with Gasteiger partial charge in [0.05, 0.1) is 25.5 Å². The van der Waals surface area contributed by atoms with Crippen LogP contribution in [0.1, 0.15) is 11.4 Å². The van der Waals surface area contributed by atoms with E-state index in [9.17, 15) is 9.59 Å². The number of aromatic amines is 2. The molecular weight excluding hydrogens is 240 g/mol.